The zero-order valence-corrected chi connectivity index (χ0v) is 31.1. The summed E-state index contributed by atoms with van der Waals surface area (Å²) in [5, 5.41) is 57.1. The van der Waals surface area contributed by atoms with Crippen LogP contribution in [-0.4, -0.2) is 82.4 Å². The quantitative estimate of drug-likeness (QED) is 0.196. The predicted molar refractivity (Wildman–Crippen MR) is 192 cm³/mol. The van der Waals surface area contributed by atoms with Crippen molar-refractivity contribution in [3.05, 3.63) is 42.5 Å². The van der Waals surface area contributed by atoms with E-state index >= 15 is 0 Å². The molecule has 4 fully saturated rings. The molecular formula is C38H58N2O6S2. The van der Waals surface area contributed by atoms with E-state index in [0.717, 1.165) is 49.0 Å². The van der Waals surface area contributed by atoms with Crippen LogP contribution in [0.2, 0.25) is 0 Å². The molecule has 1 saturated heterocycles. The Hall–Kier alpha value is -1.14. The first-order valence-electron chi connectivity index (χ1n) is 18.2. The topological polar surface area (TPSA) is 136 Å². The minimum atomic E-state index is -1.30. The largest absolute Gasteiger partial charge is 0.396 e. The van der Waals surface area contributed by atoms with Crippen LogP contribution in [0.4, 0.5) is 0 Å². The van der Waals surface area contributed by atoms with Gasteiger partial charge in [0, 0.05) is 53.3 Å². The Labute approximate surface area is 294 Å². The van der Waals surface area contributed by atoms with Gasteiger partial charge >= 0.3 is 0 Å². The molecule has 0 aromatic carbocycles. The van der Waals surface area contributed by atoms with E-state index in [9.17, 15) is 30.3 Å². The van der Waals surface area contributed by atoms with Gasteiger partial charge < -0.3 is 30.1 Å². The lowest BCUT2D eigenvalue weighted by Gasteiger charge is -2.61. The minimum Gasteiger partial charge on any atom is -0.396 e. The highest BCUT2D eigenvalue weighted by atomic mass is 33.1. The summed E-state index contributed by atoms with van der Waals surface area (Å²) in [6, 6.07) is 0.153. The monoisotopic (exact) mass is 702 g/mol. The lowest BCUT2D eigenvalue weighted by molar-refractivity contribution is -0.159. The Morgan fingerprint density at radius 3 is 2.48 bits per heavy atom. The summed E-state index contributed by atoms with van der Waals surface area (Å²) in [4.78, 5) is 18.4. The van der Waals surface area contributed by atoms with Crippen LogP contribution >= 0.6 is 21.6 Å². The number of carbonyl (C=O) groups is 1. The van der Waals surface area contributed by atoms with Gasteiger partial charge in [-0.25, -0.2) is 4.98 Å². The molecule has 268 valence electrons. The first-order chi connectivity index (χ1) is 22.6. The molecule has 2 heterocycles. The number of allylic oxidation sites excluding steroid dienone is 1. The summed E-state index contributed by atoms with van der Waals surface area (Å²) in [5.74, 6) is -0.0167. The van der Waals surface area contributed by atoms with Gasteiger partial charge in [-0.2, -0.15) is 0 Å². The van der Waals surface area contributed by atoms with Gasteiger partial charge in [0.25, 0.3) is 0 Å². The maximum atomic E-state index is 14.0. The van der Waals surface area contributed by atoms with Crippen molar-refractivity contribution in [2.24, 2.45) is 45.8 Å². The van der Waals surface area contributed by atoms with Gasteiger partial charge in [-0.1, -0.05) is 68.4 Å². The zero-order chi connectivity index (χ0) is 34.8. The van der Waals surface area contributed by atoms with E-state index in [4.69, 9.17) is 0 Å². The van der Waals surface area contributed by atoms with Crippen LogP contribution < -0.4 is 0 Å². The molecule has 3 saturated carbocycles. The number of carbonyl (C=O) groups excluding carboxylic acids is 1. The van der Waals surface area contributed by atoms with E-state index in [1.54, 1.807) is 6.08 Å². The Balaban J connectivity index is 1.45. The highest BCUT2D eigenvalue weighted by Gasteiger charge is 2.71. The molecule has 1 aromatic rings. The molecule has 5 aliphatic rings. The number of aromatic nitrogens is 2. The average molecular weight is 703 g/mol. The molecule has 4 aliphatic carbocycles. The molecule has 0 unspecified atom stereocenters. The number of ketones is 1. The smallest absolute Gasteiger partial charge is 0.159 e. The van der Waals surface area contributed by atoms with Crippen LogP contribution in [0.25, 0.3) is 0 Å². The van der Waals surface area contributed by atoms with Gasteiger partial charge in [-0.05, 0) is 98.0 Å². The van der Waals surface area contributed by atoms with E-state index < -0.39 is 34.7 Å². The van der Waals surface area contributed by atoms with Crippen molar-refractivity contribution in [1.82, 2.24) is 9.55 Å². The third-order valence-electron chi connectivity index (χ3n) is 14.2. The fraction of sp³-hybridized carbons (Fsp3) is 0.789. The number of fused-ring (bicyclic) bond motifs is 9. The van der Waals surface area contributed by atoms with E-state index in [1.807, 2.05) is 40.3 Å². The van der Waals surface area contributed by atoms with Gasteiger partial charge in [0.05, 0.1) is 30.2 Å². The molecule has 8 nitrogen and oxygen atoms in total. The second-order valence-corrected chi connectivity index (χ2v) is 19.8. The molecule has 1 aromatic heterocycles. The van der Waals surface area contributed by atoms with Crippen molar-refractivity contribution < 1.29 is 30.3 Å². The molecule has 1 aliphatic heterocycles. The summed E-state index contributed by atoms with van der Waals surface area (Å²) < 4.78 is 2.17. The van der Waals surface area contributed by atoms with Crippen LogP contribution in [0.1, 0.15) is 98.4 Å². The highest BCUT2D eigenvalue weighted by Crippen LogP contribution is 2.71. The van der Waals surface area contributed by atoms with Crippen molar-refractivity contribution in [3.8, 4) is 0 Å². The molecule has 48 heavy (non-hydrogen) atoms. The molecule has 0 radical (unpaired) electrons. The number of hydrogen-bond acceptors (Lipinski definition) is 9. The molecule has 2 bridgehead atoms. The van der Waals surface area contributed by atoms with E-state index in [1.165, 1.54) is 0 Å². The second-order valence-electron chi connectivity index (χ2n) is 17.1. The van der Waals surface area contributed by atoms with Crippen molar-refractivity contribution in [1.29, 1.82) is 0 Å². The van der Waals surface area contributed by atoms with Crippen molar-refractivity contribution in [2.45, 2.75) is 128 Å². The zero-order valence-electron chi connectivity index (χ0n) is 29.4. The number of aliphatic hydroxyl groups excluding tert-OH is 4. The Morgan fingerprint density at radius 2 is 1.79 bits per heavy atom. The molecule has 5 N–H and O–H groups in total. The number of hydrogen-bond donors (Lipinski definition) is 5. The lowest BCUT2D eigenvalue weighted by Crippen LogP contribution is -2.63. The summed E-state index contributed by atoms with van der Waals surface area (Å²) in [5.41, 5.74) is -0.836. The van der Waals surface area contributed by atoms with Crippen LogP contribution in [0, 0.1) is 45.8 Å². The summed E-state index contributed by atoms with van der Waals surface area (Å²) >= 11 is 0. The normalized spacial score (nSPS) is 46.6. The molecule has 0 spiro atoms. The average Bonchev–Trinajstić information content (AvgIpc) is 3.64. The maximum absolute atomic E-state index is 14.0. The number of imidazole rings is 1. The highest BCUT2D eigenvalue weighted by molar-refractivity contribution is 8.76. The molecule has 10 heteroatoms. The Kier molecular flexibility index (Phi) is 10.3. The van der Waals surface area contributed by atoms with Gasteiger partial charge in [0.2, 0.25) is 0 Å². The lowest BCUT2D eigenvalue weighted by atomic mass is 9.45. The van der Waals surface area contributed by atoms with Crippen LogP contribution in [-0.2, 0) is 4.79 Å². The Morgan fingerprint density at radius 1 is 1.04 bits per heavy atom. The number of rotatable bonds is 4. The fourth-order valence-corrected chi connectivity index (χ4v) is 14.4. The number of aliphatic hydroxyl groups is 5. The first-order valence-corrected chi connectivity index (χ1v) is 20.5. The summed E-state index contributed by atoms with van der Waals surface area (Å²) in [7, 11) is 3.63. The SMILES string of the molecule is C=C1C[C@@H](O)[C@@H](C)[C@H]2C[C@H]([C@H](CCCO)SSC[C@H](n3ccnc3)CC1(C)C)[C@@]1(O)C3=CC(=O)[C@@H]4C[C@@H](O)[C@@H](O)C[C@]4(C)[C@H]3CC[C@]21C. The van der Waals surface area contributed by atoms with Crippen molar-refractivity contribution >= 4 is 27.4 Å². The van der Waals surface area contributed by atoms with Crippen LogP contribution in [0.5, 0.6) is 0 Å². The second kappa shape index (κ2) is 13.4. The minimum absolute atomic E-state index is 0.00327. The number of nitrogens with zero attached hydrogens (tertiary/aromatic N) is 2. The van der Waals surface area contributed by atoms with Gasteiger partial charge in [-0.15, -0.1) is 0 Å². The van der Waals surface area contributed by atoms with E-state index in [2.05, 4.69) is 50.7 Å². The molecular weight excluding hydrogens is 645 g/mol. The van der Waals surface area contributed by atoms with Gasteiger partial charge in [0.15, 0.2) is 5.78 Å². The third kappa shape index (κ3) is 5.91. The summed E-state index contributed by atoms with van der Waals surface area (Å²) in [6.07, 6.45) is 10.5. The summed E-state index contributed by atoms with van der Waals surface area (Å²) in [6.45, 7) is 15.5. The first kappa shape index (κ1) is 36.6. The van der Waals surface area contributed by atoms with Crippen LogP contribution in [0.3, 0.4) is 0 Å². The molecule has 6 rings (SSSR count). The van der Waals surface area contributed by atoms with Crippen molar-refractivity contribution in [2.75, 3.05) is 12.4 Å². The Bertz CT molecular complexity index is 1380. The van der Waals surface area contributed by atoms with Gasteiger partial charge in [0.1, 0.15) is 0 Å². The third-order valence-corrected chi connectivity index (χ3v) is 17.2. The van der Waals surface area contributed by atoms with E-state index in [0.29, 0.717) is 19.3 Å². The molecule has 0 amide bonds. The van der Waals surface area contributed by atoms with Gasteiger partial charge in [-0.3, -0.25) is 4.79 Å². The fourth-order valence-electron chi connectivity index (χ4n) is 11.0. The van der Waals surface area contributed by atoms with E-state index in [-0.39, 0.29) is 65.1 Å². The van der Waals surface area contributed by atoms with Crippen LogP contribution in [0.15, 0.2) is 42.5 Å². The molecule has 13 atom stereocenters. The maximum Gasteiger partial charge on any atom is 0.159 e. The standard InChI is InChI=1S/C38H58N2O6S2/c1-22-14-30(42)23(2)26-15-29(34(8-7-13-41)48-47-20-24(18-35(22,3)4)40-12-11-39-21-40)38(46)27-16-31(43)28-17-32(44)33(45)19-36(28,5)25(27)9-10-37(26,38)6/h11-12,16,21,23-26,28-30,32-34,41-42,44-46H,1,7-10,13-15,17-20H2,2-6H3/t23-,24+,25-,26+,28-,29+,30+,32+,33-,34-,36+,37+,38-/m0/s1. The van der Waals surface area contributed by atoms with Crippen molar-refractivity contribution in [3.63, 3.8) is 0 Å². The predicted octanol–water partition coefficient (Wildman–Crippen LogP) is 5.75.